The molecule has 0 aromatic heterocycles. The van der Waals surface area contributed by atoms with Crippen molar-refractivity contribution in [2.75, 3.05) is 26.7 Å². The van der Waals surface area contributed by atoms with Crippen LogP contribution in [0.2, 0.25) is 0 Å². The molecule has 1 heterocycles. The van der Waals surface area contributed by atoms with Gasteiger partial charge >= 0.3 is 0 Å². The highest BCUT2D eigenvalue weighted by molar-refractivity contribution is 4.78. The van der Waals surface area contributed by atoms with Crippen molar-refractivity contribution >= 4 is 0 Å². The Kier molecular flexibility index (Phi) is 7.87. The van der Waals surface area contributed by atoms with E-state index in [4.69, 9.17) is 0 Å². The van der Waals surface area contributed by atoms with E-state index in [1.165, 1.54) is 64.6 Å². The van der Waals surface area contributed by atoms with Crippen molar-refractivity contribution in [1.29, 1.82) is 0 Å². The van der Waals surface area contributed by atoms with Gasteiger partial charge < -0.3 is 10.2 Å². The van der Waals surface area contributed by atoms with E-state index in [0.717, 1.165) is 12.0 Å². The van der Waals surface area contributed by atoms with E-state index in [0.29, 0.717) is 0 Å². The molecule has 1 aliphatic heterocycles. The maximum absolute atomic E-state index is 3.27. The summed E-state index contributed by atoms with van der Waals surface area (Å²) in [4.78, 5) is 2.76. The van der Waals surface area contributed by atoms with Crippen LogP contribution in [0, 0.1) is 5.92 Å². The summed E-state index contributed by atoms with van der Waals surface area (Å²) < 4.78 is 0. The first-order valence-corrected chi connectivity index (χ1v) is 7.70. The Balaban J connectivity index is 2.24. The van der Waals surface area contributed by atoms with Crippen molar-refractivity contribution in [3.8, 4) is 0 Å². The molecule has 1 rings (SSSR count). The topological polar surface area (TPSA) is 15.3 Å². The molecule has 0 spiro atoms. The standard InChI is InChI=1S/C15H32N2/c1-4-6-7-15(5-2)17-12-9-14(10-13-17)8-11-16-3/h14-16H,4-13H2,1-3H3. The van der Waals surface area contributed by atoms with E-state index < -0.39 is 0 Å². The molecule has 1 N–H and O–H groups in total. The molecule has 2 heteroatoms. The molecule has 1 aliphatic rings. The Labute approximate surface area is 108 Å². The number of hydrogen-bond donors (Lipinski definition) is 1. The molecule has 102 valence electrons. The van der Waals surface area contributed by atoms with Gasteiger partial charge in [-0.1, -0.05) is 26.7 Å². The van der Waals surface area contributed by atoms with Gasteiger partial charge in [0.25, 0.3) is 0 Å². The Morgan fingerprint density at radius 1 is 1.24 bits per heavy atom. The van der Waals surface area contributed by atoms with Crippen LogP contribution >= 0.6 is 0 Å². The summed E-state index contributed by atoms with van der Waals surface area (Å²) in [5, 5.41) is 3.27. The quantitative estimate of drug-likeness (QED) is 0.700. The van der Waals surface area contributed by atoms with Crippen LogP contribution in [0.3, 0.4) is 0 Å². The van der Waals surface area contributed by atoms with Crippen LogP contribution in [0.1, 0.15) is 58.8 Å². The van der Waals surface area contributed by atoms with Crippen LogP contribution < -0.4 is 5.32 Å². The molecule has 1 fully saturated rings. The lowest BCUT2D eigenvalue weighted by molar-refractivity contribution is 0.118. The molecular formula is C15H32N2. The van der Waals surface area contributed by atoms with Gasteiger partial charge in [-0.3, -0.25) is 0 Å². The summed E-state index contributed by atoms with van der Waals surface area (Å²) in [6, 6.07) is 0.861. The van der Waals surface area contributed by atoms with Crippen LogP contribution in [-0.2, 0) is 0 Å². The van der Waals surface area contributed by atoms with Crippen molar-refractivity contribution in [1.82, 2.24) is 10.2 Å². The van der Waals surface area contributed by atoms with Crippen LogP contribution in [0.15, 0.2) is 0 Å². The molecule has 1 unspecified atom stereocenters. The highest BCUT2D eigenvalue weighted by atomic mass is 15.2. The highest BCUT2D eigenvalue weighted by Gasteiger charge is 2.23. The minimum atomic E-state index is 0.861. The van der Waals surface area contributed by atoms with Gasteiger partial charge in [0, 0.05) is 6.04 Å². The Morgan fingerprint density at radius 2 is 1.94 bits per heavy atom. The second-order valence-corrected chi connectivity index (χ2v) is 5.58. The molecule has 0 radical (unpaired) electrons. The monoisotopic (exact) mass is 240 g/mol. The summed E-state index contributed by atoms with van der Waals surface area (Å²) in [6.07, 6.45) is 9.70. The van der Waals surface area contributed by atoms with Crippen LogP contribution in [-0.4, -0.2) is 37.6 Å². The van der Waals surface area contributed by atoms with Crippen LogP contribution in [0.25, 0.3) is 0 Å². The van der Waals surface area contributed by atoms with Crippen LogP contribution in [0.4, 0.5) is 0 Å². The zero-order valence-electron chi connectivity index (χ0n) is 12.2. The number of nitrogens with one attached hydrogen (secondary N) is 1. The summed E-state index contributed by atoms with van der Waals surface area (Å²) in [6.45, 7) is 8.54. The second-order valence-electron chi connectivity index (χ2n) is 5.58. The highest BCUT2D eigenvalue weighted by Crippen LogP contribution is 2.24. The zero-order valence-corrected chi connectivity index (χ0v) is 12.2. The van der Waals surface area contributed by atoms with Gasteiger partial charge in [0.05, 0.1) is 0 Å². The fraction of sp³-hybridized carbons (Fsp3) is 1.00. The Bertz CT molecular complexity index is 174. The summed E-state index contributed by atoms with van der Waals surface area (Å²) in [5.41, 5.74) is 0. The van der Waals surface area contributed by atoms with Crippen molar-refractivity contribution in [2.45, 2.75) is 64.8 Å². The van der Waals surface area contributed by atoms with E-state index in [1.807, 2.05) is 0 Å². The molecule has 0 aromatic rings. The first-order valence-electron chi connectivity index (χ1n) is 7.70. The predicted molar refractivity (Wildman–Crippen MR) is 76.4 cm³/mol. The third kappa shape index (κ3) is 5.39. The molecule has 17 heavy (non-hydrogen) atoms. The third-order valence-corrected chi connectivity index (χ3v) is 4.33. The minimum absolute atomic E-state index is 0.861. The van der Waals surface area contributed by atoms with Gasteiger partial charge in [-0.2, -0.15) is 0 Å². The summed E-state index contributed by atoms with van der Waals surface area (Å²) in [5.74, 6) is 0.974. The first-order chi connectivity index (χ1) is 8.31. The number of nitrogens with zero attached hydrogens (tertiary/aromatic N) is 1. The molecule has 2 nitrogen and oxygen atoms in total. The predicted octanol–water partition coefficient (Wildman–Crippen LogP) is 3.28. The fourth-order valence-corrected chi connectivity index (χ4v) is 3.04. The van der Waals surface area contributed by atoms with E-state index in [1.54, 1.807) is 0 Å². The largest absolute Gasteiger partial charge is 0.320 e. The third-order valence-electron chi connectivity index (χ3n) is 4.33. The number of rotatable bonds is 8. The van der Waals surface area contributed by atoms with E-state index in [9.17, 15) is 0 Å². The molecule has 0 aliphatic carbocycles. The normalized spacial score (nSPS) is 20.6. The zero-order chi connectivity index (χ0) is 12.5. The SMILES string of the molecule is CCCCC(CC)N1CCC(CCNC)CC1. The molecule has 1 atom stereocenters. The number of likely N-dealkylation sites (tertiary alicyclic amines) is 1. The number of hydrogen-bond acceptors (Lipinski definition) is 2. The second kappa shape index (κ2) is 8.93. The molecular weight excluding hydrogens is 208 g/mol. The van der Waals surface area contributed by atoms with Gasteiger partial charge in [-0.25, -0.2) is 0 Å². The van der Waals surface area contributed by atoms with E-state index in [2.05, 4.69) is 31.1 Å². The lowest BCUT2D eigenvalue weighted by atomic mass is 9.91. The fourth-order valence-electron chi connectivity index (χ4n) is 3.04. The van der Waals surface area contributed by atoms with Crippen LogP contribution in [0.5, 0.6) is 0 Å². The molecule has 0 amide bonds. The summed E-state index contributed by atoms with van der Waals surface area (Å²) in [7, 11) is 2.06. The Morgan fingerprint density at radius 3 is 2.47 bits per heavy atom. The Hall–Kier alpha value is -0.0800. The molecule has 0 bridgehead atoms. The van der Waals surface area contributed by atoms with Crippen molar-refractivity contribution < 1.29 is 0 Å². The lowest BCUT2D eigenvalue weighted by Gasteiger charge is -2.37. The lowest BCUT2D eigenvalue weighted by Crippen LogP contribution is -2.41. The summed E-state index contributed by atoms with van der Waals surface area (Å²) >= 11 is 0. The van der Waals surface area contributed by atoms with Gasteiger partial charge in [0.15, 0.2) is 0 Å². The van der Waals surface area contributed by atoms with E-state index >= 15 is 0 Å². The smallest absolute Gasteiger partial charge is 0.00926 e. The van der Waals surface area contributed by atoms with Gasteiger partial charge in [0.1, 0.15) is 0 Å². The van der Waals surface area contributed by atoms with Crippen molar-refractivity contribution in [3.63, 3.8) is 0 Å². The van der Waals surface area contributed by atoms with Crippen molar-refractivity contribution in [2.24, 2.45) is 5.92 Å². The van der Waals surface area contributed by atoms with Crippen molar-refractivity contribution in [3.05, 3.63) is 0 Å². The average molecular weight is 240 g/mol. The van der Waals surface area contributed by atoms with E-state index in [-0.39, 0.29) is 0 Å². The first kappa shape index (κ1) is 15.0. The number of piperidine rings is 1. The maximum atomic E-state index is 3.27. The maximum Gasteiger partial charge on any atom is 0.00926 e. The average Bonchev–Trinajstić information content (AvgIpc) is 2.38. The van der Waals surface area contributed by atoms with Gasteiger partial charge in [-0.05, 0) is 64.7 Å². The minimum Gasteiger partial charge on any atom is -0.320 e. The van der Waals surface area contributed by atoms with Gasteiger partial charge in [-0.15, -0.1) is 0 Å². The van der Waals surface area contributed by atoms with Gasteiger partial charge in [0.2, 0.25) is 0 Å². The molecule has 0 aromatic carbocycles. The molecule has 0 saturated carbocycles. The molecule has 1 saturated heterocycles. The number of unbranched alkanes of at least 4 members (excludes halogenated alkanes) is 1.